The second-order valence-corrected chi connectivity index (χ2v) is 9.72. The van der Waals surface area contributed by atoms with Crippen LogP contribution in [-0.2, 0) is 17.9 Å². The monoisotopic (exact) mass is 514 g/mol. The summed E-state index contributed by atoms with van der Waals surface area (Å²) in [5, 5.41) is 27.1. The van der Waals surface area contributed by atoms with E-state index in [4.69, 9.17) is 0 Å². The van der Waals surface area contributed by atoms with Crippen LogP contribution in [0, 0.1) is 11.7 Å². The summed E-state index contributed by atoms with van der Waals surface area (Å²) in [4.78, 5) is 39.7. The number of hydrogen-bond donors (Lipinski definition) is 2. The highest BCUT2D eigenvalue weighted by molar-refractivity contribution is 5.93. The van der Waals surface area contributed by atoms with E-state index in [1.165, 1.54) is 10.9 Å². The van der Waals surface area contributed by atoms with Crippen molar-refractivity contribution < 1.29 is 24.2 Å². The molecule has 0 unspecified atom stereocenters. The Bertz CT molecular complexity index is 1380. The number of fused-ring (bicyclic) bond motifs is 1. The molecule has 1 aliphatic heterocycles. The summed E-state index contributed by atoms with van der Waals surface area (Å²) in [6.45, 7) is 8.98. The van der Waals surface area contributed by atoms with E-state index >= 15 is 4.39 Å². The summed E-state index contributed by atoms with van der Waals surface area (Å²) < 4.78 is 18.2. The normalized spacial score (nSPS) is 15.4. The van der Waals surface area contributed by atoms with E-state index in [-0.39, 0.29) is 16.9 Å². The SMILES string of the molecule is CCn1cc(C(=O)O)c(=O)c2cc(F)c(N3CCN(Cc4cn([C@@H](CC(C)C)C(=O)O)nn4)CC3)cc21. The molecule has 3 aromatic rings. The lowest BCUT2D eigenvalue weighted by Gasteiger charge is -2.36. The van der Waals surface area contributed by atoms with Crippen LogP contribution in [0.25, 0.3) is 10.9 Å². The van der Waals surface area contributed by atoms with Crippen LogP contribution in [0.3, 0.4) is 0 Å². The number of hydrogen-bond acceptors (Lipinski definition) is 7. The number of halogens is 1. The zero-order chi connectivity index (χ0) is 26.9. The standard InChI is InChI=1S/C25H31FN6O5/c1-4-30-14-18(24(34)35)23(33)17-10-19(26)21(11-20(17)30)31-7-5-29(6-8-31)12-16-13-32(28-27-16)22(25(36)37)9-15(2)3/h10-11,13-15,22H,4-9,12H2,1-3H3,(H,34,35)(H,36,37)/t22-/m0/s1. The third-order valence-electron chi connectivity index (χ3n) is 6.68. The van der Waals surface area contributed by atoms with Crippen molar-refractivity contribution in [2.75, 3.05) is 31.1 Å². The maximum absolute atomic E-state index is 15.1. The van der Waals surface area contributed by atoms with E-state index in [2.05, 4.69) is 15.2 Å². The largest absolute Gasteiger partial charge is 0.480 e. The minimum atomic E-state index is -1.34. The Morgan fingerprint density at radius 2 is 1.81 bits per heavy atom. The number of rotatable bonds is 9. The van der Waals surface area contributed by atoms with Gasteiger partial charge >= 0.3 is 11.9 Å². The van der Waals surface area contributed by atoms with Gasteiger partial charge in [0.05, 0.1) is 23.1 Å². The smallest absolute Gasteiger partial charge is 0.341 e. The zero-order valence-electron chi connectivity index (χ0n) is 21.1. The lowest BCUT2D eigenvalue weighted by Crippen LogP contribution is -2.46. The van der Waals surface area contributed by atoms with Gasteiger partial charge in [-0.25, -0.2) is 18.7 Å². The van der Waals surface area contributed by atoms with E-state index in [1.807, 2.05) is 25.7 Å². The first-order valence-corrected chi connectivity index (χ1v) is 12.3. The number of aromatic nitrogens is 4. The second kappa shape index (κ2) is 10.7. The van der Waals surface area contributed by atoms with Crippen molar-refractivity contribution in [3.05, 3.63) is 51.8 Å². The van der Waals surface area contributed by atoms with Crippen LogP contribution >= 0.6 is 0 Å². The van der Waals surface area contributed by atoms with Crippen LogP contribution in [-0.4, -0.2) is 72.8 Å². The van der Waals surface area contributed by atoms with Crippen molar-refractivity contribution in [2.24, 2.45) is 5.92 Å². The van der Waals surface area contributed by atoms with Gasteiger partial charge in [0.2, 0.25) is 5.43 Å². The Labute approximate surface area is 212 Å². The van der Waals surface area contributed by atoms with Crippen molar-refractivity contribution in [3.8, 4) is 0 Å². The molecule has 3 heterocycles. The molecule has 1 fully saturated rings. The predicted octanol–water partition coefficient (Wildman–Crippen LogP) is 2.44. The van der Waals surface area contributed by atoms with Gasteiger partial charge < -0.3 is 19.7 Å². The van der Waals surface area contributed by atoms with E-state index in [0.717, 1.165) is 6.07 Å². The molecule has 2 aromatic heterocycles. The molecule has 37 heavy (non-hydrogen) atoms. The molecule has 0 amide bonds. The van der Waals surface area contributed by atoms with Gasteiger partial charge in [-0.3, -0.25) is 9.69 Å². The van der Waals surface area contributed by atoms with E-state index < -0.39 is 29.2 Å². The average Bonchev–Trinajstić information content (AvgIpc) is 3.31. The number of piperazine rings is 1. The van der Waals surface area contributed by atoms with Crippen LogP contribution in [0.2, 0.25) is 0 Å². The van der Waals surface area contributed by atoms with Crippen molar-refractivity contribution in [1.82, 2.24) is 24.5 Å². The molecule has 11 nitrogen and oxygen atoms in total. The molecule has 1 atom stereocenters. The predicted molar refractivity (Wildman–Crippen MR) is 134 cm³/mol. The lowest BCUT2D eigenvalue weighted by atomic mass is 10.0. The second-order valence-electron chi connectivity index (χ2n) is 9.72. The van der Waals surface area contributed by atoms with Gasteiger partial charge in [0.25, 0.3) is 0 Å². The molecule has 0 aliphatic carbocycles. The minimum absolute atomic E-state index is 0.0434. The van der Waals surface area contributed by atoms with Crippen molar-refractivity contribution in [3.63, 3.8) is 0 Å². The quantitative estimate of drug-likeness (QED) is 0.442. The number of aliphatic carboxylic acids is 1. The van der Waals surface area contributed by atoms with Crippen molar-refractivity contribution >= 4 is 28.5 Å². The van der Waals surface area contributed by atoms with Crippen LogP contribution in [0.1, 0.15) is 49.3 Å². The van der Waals surface area contributed by atoms with Crippen LogP contribution < -0.4 is 10.3 Å². The number of carbonyl (C=O) groups is 2. The molecule has 198 valence electrons. The number of carboxylic acid groups (broad SMARTS) is 2. The van der Waals surface area contributed by atoms with Gasteiger partial charge in [0.15, 0.2) is 6.04 Å². The number of carboxylic acids is 2. The van der Waals surface area contributed by atoms with Gasteiger partial charge in [-0.15, -0.1) is 5.10 Å². The number of pyridine rings is 1. The number of nitrogens with zero attached hydrogens (tertiary/aromatic N) is 6. The van der Waals surface area contributed by atoms with E-state index in [9.17, 15) is 24.6 Å². The summed E-state index contributed by atoms with van der Waals surface area (Å²) in [5.74, 6) is -2.66. The molecule has 12 heteroatoms. The molecule has 0 saturated carbocycles. The maximum atomic E-state index is 15.1. The summed E-state index contributed by atoms with van der Waals surface area (Å²) in [5.41, 5.74) is 0.435. The Morgan fingerprint density at radius 3 is 2.41 bits per heavy atom. The van der Waals surface area contributed by atoms with Crippen molar-refractivity contribution in [2.45, 2.75) is 46.3 Å². The number of anilines is 1. The fourth-order valence-electron chi connectivity index (χ4n) is 4.74. The molecule has 0 radical (unpaired) electrons. The molecular formula is C25H31FN6O5. The topological polar surface area (TPSA) is 134 Å². The summed E-state index contributed by atoms with van der Waals surface area (Å²) >= 11 is 0. The molecular weight excluding hydrogens is 483 g/mol. The van der Waals surface area contributed by atoms with Gasteiger partial charge in [-0.2, -0.15) is 0 Å². The summed E-state index contributed by atoms with van der Waals surface area (Å²) in [7, 11) is 0. The van der Waals surface area contributed by atoms with Gasteiger partial charge in [-0.05, 0) is 31.4 Å². The number of aryl methyl sites for hydroxylation is 1. The average molecular weight is 515 g/mol. The molecule has 1 aromatic carbocycles. The highest BCUT2D eigenvalue weighted by Crippen LogP contribution is 2.27. The third-order valence-corrected chi connectivity index (χ3v) is 6.68. The first-order chi connectivity index (χ1) is 17.6. The fourth-order valence-corrected chi connectivity index (χ4v) is 4.74. The zero-order valence-corrected chi connectivity index (χ0v) is 21.1. The Balaban J connectivity index is 1.48. The Kier molecular flexibility index (Phi) is 7.58. The Morgan fingerprint density at radius 1 is 1.11 bits per heavy atom. The molecule has 0 bridgehead atoms. The molecule has 1 aliphatic rings. The first-order valence-electron chi connectivity index (χ1n) is 12.3. The minimum Gasteiger partial charge on any atom is -0.480 e. The van der Waals surface area contributed by atoms with E-state index in [1.54, 1.807) is 16.8 Å². The van der Waals surface area contributed by atoms with Crippen LogP contribution in [0.4, 0.5) is 10.1 Å². The van der Waals surface area contributed by atoms with Gasteiger partial charge in [-0.1, -0.05) is 19.1 Å². The van der Waals surface area contributed by atoms with Crippen molar-refractivity contribution in [1.29, 1.82) is 0 Å². The lowest BCUT2D eigenvalue weighted by molar-refractivity contribution is -0.141. The first kappa shape index (κ1) is 26.3. The fraction of sp³-hybridized carbons (Fsp3) is 0.480. The van der Waals surface area contributed by atoms with Gasteiger partial charge in [0, 0.05) is 50.9 Å². The highest BCUT2D eigenvalue weighted by Gasteiger charge is 2.25. The summed E-state index contributed by atoms with van der Waals surface area (Å²) in [6, 6.07) is 1.98. The molecule has 0 spiro atoms. The van der Waals surface area contributed by atoms with E-state index in [0.29, 0.717) is 62.6 Å². The van der Waals surface area contributed by atoms with Crippen LogP contribution in [0.5, 0.6) is 0 Å². The number of benzene rings is 1. The van der Waals surface area contributed by atoms with Gasteiger partial charge in [0.1, 0.15) is 11.4 Å². The Hall–Kier alpha value is -3.80. The molecule has 2 N–H and O–H groups in total. The summed E-state index contributed by atoms with van der Waals surface area (Å²) in [6.07, 6.45) is 3.43. The molecule has 1 saturated heterocycles. The highest BCUT2D eigenvalue weighted by atomic mass is 19.1. The third kappa shape index (κ3) is 5.48. The number of aromatic carboxylic acids is 1. The van der Waals surface area contributed by atoms with Crippen LogP contribution in [0.15, 0.2) is 29.3 Å². The maximum Gasteiger partial charge on any atom is 0.341 e. The molecule has 4 rings (SSSR count).